The van der Waals surface area contributed by atoms with Crippen molar-refractivity contribution in [2.75, 3.05) is 18.0 Å². The number of rotatable bonds is 3. The minimum absolute atomic E-state index is 0.0881. The van der Waals surface area contributed by atoms with Crippen molar-refractivity contribution in [1.82, 2.24) is 0 Å². The number of carbonyl (C=O) groups excluding carboxylic acids is 1. The molecule has 102 valence electrons. The van der Waals surface area contributed by atoms with Gasteiger partial charge in [0.2, 0.25) is 0 Å². The van der Waals surface area contributed by atoms with Gasteiger partial charge in [-0.2, -0.15) is 0 Å². The van der Waals surface area contributed by atoms with Crippen molar-refractivity contribution >= 4 is 17.7 Å². The van der Waals surface area contributed by atoms with E-state index < -0.39 is 10.5 Å². The van der Waals surface area contributed by atoms with Gasteiger partial charge in [-0.05, 0) is 25.8 Å². The van der Waals surface area contributed by atoms with Crippen LogP contribution in [0.15, 0.2) is 18.2 Å². The molecule has 1 aromatic rings. The predicted octanol–water partition coefficient (Wildman–Crippen LogP) is 1.76. The first-order valence-electron chi connectivity index (χ1n) is 6.14. The number of nitro groups is 1. The Morgan fingerprint density at radius 3 is 2.58 bits per heavy atom. The standard InChI is InChI=1S/C13H16N2O4/c1-13(17)4-6-14(7-5-13)12-3-2-11(15(18)19)8-10(12)9-16/h2-3,8-9,17H,4-7H2,1H3. The molecule has 0 aliphatic carbocycles. The zero-order chi connectivity index (χ0) is 14.0. The molecule has 0 unspecified atom stereocenters. The molecule has 1 fully saturated rings. The second-order valence-corrected chi connectivity index (χ2v) is 5.10. The van der Waals surface area contributed by atoms with Gasteiger partial charge in [0.25, 0.3) is 5.69 Å². The van der Waals surface area contributed by atoms with Gasteiger partial charge in [-0.3, -0.25) is 14.9 Å². The van der Waals surface area contributed by atoms with Crippen LogP contribution in [0.25, 0.3) is 0 Å². The fourth-order valence-electron chi connectivity index (χ4n) is 2.27. The van der Waals surface area contributed by atoms with Crippen LogP contribution in [0.5, 0.6) is 0 Å². The van der Waals surface area contributed by atoms with Crippen LogP contribution in [-0.4, -0.2) is 35.0 Å². The van der Waals surface area contributed by atoms with Crippen molar-refractivity contribution in [3.63, 3.8) is 0 Å². The van der Waals surface area contributed by atoms with Gasteiger partial charge in [0.15, 0.2) is 6.29 Å². The Morgan fingerprint density at radius 1 is 1.42 bits per heavy atom. The molecule has 0 aromatic heterocycles. The lowest BCUT2D eigenvalue weighted by atomic mass is 9.93. The minimum atomic E-state index is -0.668. The highest BCUT2D eigenvalue weighted by Gasteiger charge is 2.28. The van der Waals surface area contributed by atoms with E-state index in [1.807, 2.05) is 4.90 Å². The molecule has 2 rings (SSSR count). The lowest BCUT2D eigenvalue weighted by molar-refractivity contribution is -0.384. The van der Waals surface area contributed by atoms with Crippen molar-refractivity contribution in [3.05, 3.63) is 33.9 Å². The Hall–Kier alpha value is -1.95. The third kappa shape index (κ3) is 2.90. The zero-order valence-electron chi connectivity index (χ0n) is 10.7. The highest BCUT2D eigenvalue weighted by molar-refractivity contribution is 5.86. The summed E-state index contributed by atoms with van der Waals surface area (Å²) in [6.07, 6.45) is 1.86. The number of benzene rings is 1. The van der Waals surface area contributed by atoms with Crippen molar-refractivity contribution in [2.24, 2.45) is 0 Å². The molecule has 1 heterocycles. The number of hydrogen-bond acceptors (Lipinski definition) is 5. The maximum Gasteiger partial charge on any atom is 0.270 e. The third-order valence-electron chi connectivity index (χ3n) is 3.53. The summed E-state index contributed by atoms with van der Waals surface area (Å²) in [6.45, 7) is 3.05. The minimum Gasteiger partial charge on any atom is -0.390 e. The van der Waals surface area contributed by atoms with Crippen LogP contribution >= 0.6 is 0 Å². The number of carbonyl (C=O) groups is 1. The molecule has 0 spiro atoms. The second-order valence-electron chi connectivity index (χ2n) is 5.10. The monoisotopic (exact) mass is 264 g/mol. The Morgan fingerprint density at radius 2 is 2.05 bits per heavy atom. The van der Waals surface area contributed by atoms with Crippen molar-refractivity contribution < 1.29 is 14.8 Å². The van der Waals surface area contributed by atoms with Gasteiger partial charge in [-0.15, -0.1) is 0 Å². The Balaban J connectivity index is 2.25. The molecule has 0 bridgehead atoms. The van der Waals surface area contributed by atoms with E-state index in [-0.39, 0.29) is 5.69 Å². The van der Waals surface area contributed by atoms with Gasteiger partial charge in [-0.1, -0.05) is 0 Å². The van der Waals surface area contributed by atoms with Crippen LogP contribution < -0.4 is 4.90 Å². The summed E-state index contributed by atoms with van der Waals surface area (Å²) in [5.74, 6) is 0. The first-order valence-corrected chi connectivity index (χ1v) is 6.14. The van der Waals surface area contributed by atoms with Gasteiger partial charge in [0.05, 0.1) is 10.5 Å². The average molecular weight is 264 g/mol. The van der Waals surface area contributed by atoms with Gasteiger partial charge in [0.1, 0.15) is 0 Å². The fourth-order valence-corrected chi connectivity index (χ4v) is 2.27. The van der Waals surface area contributed by atoms with Crippen LogP contribution in [0.2, 0.25) is 0 Å². The van der Waals surface area contributed by atoms with Crippen LogP contribution in [0.3, 0.4) is 0 Å². The topological polar surface area (TPSA) is 83.7 Å². The maximum atomic E-state index is 11.1. The number of hydrogen-bond donors (Lipinski definition) is 1. The van der Waals surface area contributed by atoms with Crippen molar-refractivity contribution in [3.8, 4) is 0 Å². The summed E-state index contributed by atoms with van der Waals surface area (Å²) < 4.78 is 0. The third-order valence-corrected chi connectivity index (χ3v) is 3.53. The zero-order valence-corrected chi connectivity index (χ0v) is 10.7. The summed E-state index contributed by atoms with van der Waals surface area (Å²) in [4.78, 5) is 23.2. The molecule has 1 N–H and O–H groups in total. The quantitative estimate of drug-likeness (QED) is 0.511. The predicted molar refractivity (Wildman–Crippen MR) is 70.6 cm³/mol. The number of piperidine rings is 1. The average Bonchev–Trinajstić information content (AvgIpc) is 2.38. The van der Waals surface area contributed by atoms with Crippen LogP contribution in [0, 0.1) is 10.1 Å². The summed E-state index contributed by atoms with van der Waals surface area (Å²) in [5, 5.41) is 20.6. The number of aldehydes is 1. The van der Waals surface area contributed by atoms with E-state index in [1.54, 1.807) is 13.0 Å². The molecule has 0 atom stereocenters. The summed E-state index contributed by atoms with van der Waals surface area (Å²) >= 11 is 0. The lowest BCUT2D eigenvalue weighted by Gasteiger charge is -2.37. The van der Waals surface area contributed by atoms with Gasteiger partial charge in [0, 0.05) is 36.5 Å². The van der Waals surface area contributed by atoms with E-state index in [4.69, 9.17) is 0 Å². The molecule has 1 saturated heterocycles. The highest BCUT2D eigenvalue weighted by atomic mass is 16.6. The maximum absolute atomic E-state index is 11.1. The lowest BCUT2D eigenvalue weighted by Crippen LogP contribution is -2.42. The van der Waals surface area contributed by atoms with Crippen LogP contribution in [0.4, 0.5) is 11.4 Å². The SMILES string of the molecule is CC1(O)CCN(c2ccc([N+](=O)[O-])cc2C=O)CC1. The molecular weight excluding hydrogens is 248 g/mol. The van der Waals surface area contributed by atoms with E-state index in [0.717, 1.165) is 0 Å². The highest BCUT2D eigenvalue weighted by Crippen LogP contribution is 2.29. The molecule has 6 nitrogen and oxygen atoms in total. The number of nitro benzene ring substituents is 1. The second kappa shape index (κ2) is 4.97. The molecule has 1 aliphatic heterocycles. The fraction of sp³-hybridized carbons (Fsp3) is 0.462. The largest absolute Gasteiger partial charge is 0.390 e. The molecule has 0 amide bonds. The Kier molecular flexibility index (Phi) is 3.53. The molecule has 19 heavy (non-hydrogen) atoms. The van der Waals surface area contributed by atoms with Crippen LogP contribution in [0.1, 0.15) is 30.1 Å². The summed E-state index contributed by atoms with van der Waals surface area (Å²) in [5.41, 5.74) is 0.250. The normalized spacial score (nSPS) is 18.1. The Labute approximate surface area is 110 Å². The number of nitrogens with zero attached hydrogens (tertiary/aromatic N) is 2. The van der Waals surface area contributed by atoms with E-state index >= 15 is 0 Å². The van der Waals surface area contributed by atoms with E-state index in [9.17, 15) is 20.0 Å². The van der Waals surface area contributed by atoms with Crippen LogP contribution in [-0.2, 0) is 0 Å². The molecular formula is C13H16N2O4. The number of aliphatic hydroxyl groups is 1. The molecule has 1 aliphatic rings. The number of non-ortho nitro benzene ring substituents is 1. The van der Waals surface area contributed by atoms with E-state index in [2.05, 4.69) is 0 Å². The van der Waals surface area contributed by atoms with Crippen molar-refractivity contribution in [1.29, 1.82) is 0 Å². The summed E-state index contributed by atoms with van der Waals surface area (Å²) in [6, 6.07) is 4.28. The molecule has 6 heteroatoms. The molecule has 0 saturated carbocycles. The molecule has 0 radical (unpaired) electrons. The van der Waals surface area contributed by atoms with Gasteiger partial charge in [-0.25, -0.2) is 0 Å². The molecule has 1 aromatic carbocycles. The van der Waals surface area contributed by atoms with E-state index in [0.29, 0.717) is 43.5 Å². The van der Waals surface area contributed by atoms with E-state index in [1.165, 1.54) is 12.1 Å². The first kappa shape index (κ1) is 13.5. The Bertz CT molecular complexity index is 503. The van der Waals surface area contributed by atoms with Gasteiger partial charge >= 0.3 is 0 Å². The summed E-state index contributed by atoms with van der Waals surface area (Å²) in [7, 11) is 0. The first-order chi connectivity index (χ1) is 8.93. The smallest absolute Gasteiger partial charge is 0.270 e. The van der Waals surface area contributed by atoms with Gasteiger partial charge < -0.3 is 10.0 Å². The number of anilines is 1. The van der Waals surface area contributed by atoms with Crippen molar-refractivity contribution in [2.45, 2.75) is 25.4 Å².